The summed E-state index contributed by atoms with van der Waals surface area (Å²) in [5.41, 5.74) is 8.75. The lowest BCUT2D eigenvalue weighted by molar-refractivity contribution is 0.0708. The number of halogens is 2. The van der Waals surface area contributed by atoms with Gasteiger partial charge in [0.2, 0.25) is 5.88 Å². The minimum atomic E-state index is -2.62. The molecule has 0 spiro atoms. The van der Waals surface area contributed by atoms with Crippen molar-refractivity contribution in [1.29, 1.82) is 0 Å². The Morgan fingerprint density at radius 1 is 1.10 bits per heavy atom. The summed E-state index contributed by atoms with van der Waals surface area (Å²) >= 11 is 0. The van der Waals surface area contributed by atoms with Gasteiger partial charge in [0.05, 0.1) is 32.0 Å². The molecule has 4 heterocycles. The lowest BCUT2D eigenvalue weighted by Gasteiger charge is -2.30. The van der Waals surface area contributed by atoms with Gasteiger partial charge in [-0.1, -0.05) is 0 Å². The molecular formula is C28H32F2N6O3. The van der Waals surface area contributed by atoms with Crippen molar-refractivity contribution in [2.75, 3.05) is 27.3 Å². The van der Waals surface area contributed by atoms with E-state index in [1.165, 1.54) is 11.7 Å². The molecule has 2 aliphatic rings. The number of hydrogen-bond acceptors (Lipinski definition) is 6. The van der Waals surface area contributed by atoms with E-state index in [0.29, 0.717) is 65.3 Å². The maximum atomic E-state index is 14.0. The third kappa shape index (κ3) is 4.80. The van der Waals surface area contributed by atoms with Gasteiger partial charge in [0, 0.05) is 42.7 Å². The molecule has 2 N–H and O–H groups in total. The highest BCUT2D eigenvalue weighted by Gasteiger charge is 2.29. The Balaban J connectivity index is 1.53. The van der Waals surface area contributed by atoms with E-state index >= 15 is 0 Å². The minimum Gasteiger partial charge on any atom is -0.494 e. The highest BCUT2D eigenvalue weighted by atomic mass is 19.3. The van der Waals surface area contributed by atoms with Crippen LogP contribution < -0.4 is 15.2 Å². The molecule has 6 rings (SSSR count). The molecule has 11 heteroatoms. The average molecular weight is 539 g/mol. The number of likely N-dealkylation sites (tertiary alicyclic amines) is 1. The Labute approximate surface area is 224 Å². The number of imidazole rings is 1. The van der Waals surface area contributed by atoms with Gasteiger partial charge in [-0.3, -0.25) is 4.79 Å². The molecule has 0 radical (unpaired) electrons. The van der Waals surface area contributed by atoms with Crippen LogP contribution in [0.15, 0.2) is 30.3 Å². The van der Waals surface area contributed by atoms with Crippen molar-refractivity contribution in [3.05, 3.63) is 35.9 Å². The maximum Gasteiger partial charge on any atom is 0.256 e. The van der Waals surface area contributed by atoms with Crippen LogP contribution in [0.25, 0.3) is 33.6 Å². The largest absolute Gasteiger partial charge is 0.494 e. The number of hydrogen-bond donors (Lipinski definition) is 1. The van der Waals surface area contributed by atoms with Crippen LogP contribution in [-0.4, -0.2) is 69.7 Å². The van der Waals surface area contributed by atoms with Gasteiger partial charge in [0.25, 0.3) is 12.3 Å². The first-order valence-electron chi connectivity index (χ1n) is 13.3. The molecule has 0 unspecified atom stereocenters. The van der Waals surface area contributed by atoms with Crippen molar-refractivity contribution in [3.8, 4) is 23.1 Å². The number of piperidine rings is 1. The fraction of sp³-hybridized carbons (Fsp3) is 0.464. The standard InChI is InChI=1S/C28H32F2N6O3/c1-38-22-12-18(28(37)34-9-3-4-19(31)14-34)10-20-25(22)36(15-23(29)30)27(32-20)21-11-17-7-8-24(39-2)33-26(17)35(21)13-16-5-6-16/h7-8,10-12,16,19,23H,3-6,9,13-15,31H2,1-2H3/t19-/m1/s1. The zero-order chi connectivity index (χ0) is 27.3. The molecule has 1 aromatic carbocycles. The lowest BCUT2D eigenvalue weighted by atomic mass is 10.0. The summed E-state index contributed by atoms with van der Waals surface area (Å²) in [6, 6.07) is 8.84. The van der Waals surface area contributed by atoms with Crippen LogP contribution in [-0.2, 0) is 13.1 Å². The number of nitrogens with zero attached hydrogens (tertiary/aromatic N) is 5. The Morgan fingerprint density at radius 3 is 2.62 bits per heavy atom. The van der Waals surface area contributed by atoms with E-state index < -0.39 is 13.0 Å². The first-order valence-corrected chi connectivity index (χ1v) is 13.3. The van der Waals surface area contributed by atoms with Gasteiger partial charge in [0.1, 0.15) is 16.9 Å². The first-order chi connectivity index (χ1) is 18.9. The third-order valence-electron chi connectivity index (χ3n) is 7.63. The predicted octanol–water partition coefficient (Wildman–Crippen LogP) is 4.31. The number of carbonyl (C=O) groups is 1. The number of pyridine rings is 1. The Bertz CT molecular complexity index is 1540. The van der Waals surface area contributed by atoms with Crippen molar-refractivity contribution in [1.82, 2.24) is 24.0 Å². The molecule has 1 saturated carbocycles. The molecule has 0 bridgehead atoms. The molecule has 1 saturated heterocycles. The van der Waals surface area contributed by atoms with E-state index in [1.54, 1.807) is 30.2 Å². The molecule has 206 valence electrons. The second-order valence-corrected chi connectivity index (χ2v) is 10.5. The number of amides is 1. The summed E-state index contributed by atoms with van der Waals surface area (Å²) in [6.07, 6.45) is 1.31. The topological polar surface area (TPSA) is 100 Å². The normalized spacial score (nSPS) is 17.9. The van der Waals surface area contributed by atoms with Gasteiger partial charge in [0.15, 0.2) is 5.82 Å². The van der Waals surface area contributed by atoms with E-state index in [-0.39, 0.29) is 11.9 Å². The SMILES string of the molecule is COc1ccc2cc(-c3nc4cc(C(=O)N5CCC[C@@H](N)C5)cc(OC)c4n3CC(F)F)n(CC3CC3)c2n1. The minimum absolute atomic E-state index is 0.0641. The maximum absolute atomic E-state index is 14.0. The van der Waals surface area contributed by atoms with Crippen LogP contribution in [0, 0.1) is 5.92 Å². The fourth-order valence-electron chi connectivity index (χ4n) is 5.55. The molecule has 3 aromatic heterocycles. The van der Waals surface area contributed by atoms with E-state index in [9.17, 15) is 13.6 Å². The van der Waals surface area contributed by atoms with Gasteiger partial charge in [-0.05, 0) is 55.9 Å². The summed E-state index contributed by atoms with van der Waals surface area (Å²) in [5, 5.41) is 0.867. The molecule has 9 nitrogen and oxygen atoms in total. The number of alkyl halides is 2. The van der Waals surface area contributed by atoms with Crippen molar-refractivity contribution < 1.29 is 23.0 Å². The Hall–Kier alpha value is -3.73. The lowest BCUT2D eigenvalue weighted by Crippen LogP contribution is -2.45. The summed E-state index contributed by atoms with van der Waals surface area (Å²) in [5.74, 6) is 1.50. The zero-order valence-corrected chi connectivity index (χ0v) is 22.1. The molecule has 1 amide bonds. The van der Waals surface area contributed by atoms with Gasteiger partial charge in [-0.2, -0.15) is 4.98 Å². The summed E-state index contributed by atoms with van der Waals surface area (Å²) < 4.78 is 42.5. The van der Waals surface area contributed by atoms with Gasteiger partial charge < -0.3 is 29.2 Å². The highest BCUT2D eigenvalue weighted by molar-refractivity contribution is 6.00. The van der Waals surface area contributed by atoms with Gasteiger partial charge >= 0.3 is 0 Å². The summed E-state index contributed by atoms with van der Waals surface area (Å²) in [4.78, 5) is 24.6. The molecule has 1 atom stereocenters. The molecule has 1 aliphatic heterocycles. The number of aromatic nitrogens is 4. The molecule has 4 aromatic rings. The van der Waals surface area contributed by atoms with Crippen molar-refractivity contribution >= 4 is 28.0 Å². The summed E-state index contributed by atoms with van der Waals surface area (Å²) in [7, 11) is 3.04. The van der Waals surface area contributed by atoms with Crippen LogP contribution in [0.5, 0.6) is 11.6 Å². The van der Waals surface area contributed by atoms with Crippen molar-refractivity contribution in [2.24, 2.45) is 11.7 Å². The number of methoxy groups -OCH3 is 2. The van der Waals surface area contributed by atoms with E-state index in [0.717, 1.165) is 36.7 Å². The zero-order valence-electron chi connectivity index (χ0n) is 22.1. The molecular weight excluding hydrogens is 506 g/mol. The van der Waals surface area contributed by atoms with Crippen LogP contribution in [0.1, 0.15) is 36.0 Å². The Kier molecular flexibility index (Phi) is 6.62. The number of fused-ring (bicyclic) bond motifs is 2. The predicted molar refractivity (Wildman–Crippen MR) is 143 cm³/mol. The van der Waals surface area contributed by atoms with Gasteiger partial charge in [-0.15, -0.1) is 0 Å². The summed E-state index contributed by atoms with van der Waals surface area (Å²) in [6.45, 7) is 1.23. The smallest absolute Gasteiger partial charge is 0.256 e. The Morgan fingerprint density at radius 2 is 1.92 bits per heavy atom. The third-order valence-corrected chi connectivity index (χ3v) is 7.63. The van der Waals surface area contributed by atoms with Crippen LogP contribution >= 0.6 is 0 Å². The number of ether oxygens (including phenoxy) is 2. The number of nitrogens with two attached hydrogens (primary N) is 1. The fourth-order valence-corrected chi connectivity index (χ4v) is 5.55. The highest BCUT2D eigenvalue weighted by Crippen LogP contribution is 2.38. The average Bonchev–Trinajstić information content (AvgIpc) is 3.59. The van der Waals surface area contributed by atoms with E-state index in [1.807, 2.05) is 16.7 Å². The molecule has 2 fully saturated rings. The number of benzene rings is 1. The van der Waals surface area contributed by atoms with Crippen molar-refractivity contribution in [2.45, 2.75) is 51.2 Å². The van der Waals surface area contributed by atoms with Crippen LogP contribution in [0.2, 0.25) is 0 Å². The second kappa shape index (κ2) is 10.1. The van der Waals surface area contributed by atoms with Crippen LogP contribution in [0.4, 0.5) is 8.78 Å². The van der Waals surface area contributed by atoms with Crippen molar-refractivity contribution in [3.63, 3.8) is 0 Å². The molecule has 1 aliphatic carbocycles. The van der Waals surface area contributed by atoms with E-state index in [2.05, 4.69) is 4.98 Å². The first kappa shape index (κ1) is 25.5. The van der Waals surface area contributed by atoms with Gasteiger partial charge in [-0.25, -0.2) is 13.8 Å². The monoisotopic (exact) mass is 538 g/mol. The number of rotatable bonds is 8. The second-order valence-electron chi connectivity index (χ2n) is 10.5. The number of carbonyl (C=O) groups excluding carboxylic acids is 1. The van der Waals surface area contributed by atoms with E-state index in [4.69, 9.17) is 20.2 Å². The quantitative estimate of drug-likeness (QED) is 0.359. The van der Waals surface area contributed by atoms with Crippen LogP contribution in [0.3, 0.4) is 0 Å². The molecule has 39 heavy (non-hydrogen) atoms.